The van der Waals surface area contributed by atoms with Gasteiger partial charge >= 0.3 is 0 Å². The number of nitrogens with zero attached hydrogens (tertiary/aromatic N) is 1. The lowest BCUT2D eigenvalue weighted by molar-refractivity contribution is -0.125. The molecule has 1 atom stereocenters. The predicted octanol–water partition coefficient (Wildman–Crippen LogP) is 2.03. The van der Waals surface area contributed by atoms with Gasteiger partial charge in [-0.05, 0) is 38.4 Å². The summed E-state index contributed by atoms with van der Waals surface area (Å²) in [5.41, 5.74) is -0.474. The SMILES string of the molecule is CC1CCCCN1CC(=O)NCC(=O)Nc1ccc(F)c(F)c1F. The van der Waals surface area contributed by atoms with Crippen molar-refractivity contribution in [3.05, 3.63) is 29.6 Å². The Morgan fingerprint density at radius 1 is 1.17 bits per heavy atom. The Balaban J connectivity index is 1.80. The van der Waals surface area contributed by atoms with E-state index in [0.717, 1.165) is 31.9 Å². The number of amides is 2. The van der Waals surface area contributed by atoms with Crippen molar-refractivity contribution < 1.29 is 22.8 Å². The molecule has 1 unspecified atom stereocenters. The number of piperidine rings is 1. The largest absolute Gasteiger partial charge is 0.346 e. The summed E-state index contributed by atoms with van der Waals surface area (Å²) in [7, 11) is 0. The highest BCUT2D eigenvalue weighted by atomic mass is 19.2. The number of rotatable bonds is 5. The minimum Gasteiger partial charge on any atom is -0.346 e. The first-order chi connectivity index (χ1) is 11.4. The molecular weight excluding hydrogens is 323 g/mol. The van der Waals surface area contributed by atoms with Crippen molar-refractivity contribution in [3.8, 4) is 0 Å². The van der Waals surface area contributed by atoms with Crippen molar-refractivity contribution in [3.63, 3.8) is 0 Å². The standard InChI is InChI=1S/C16H20F3N3O2/c1-10-4-2-3-7-22(10)9-14(24)20-8-13(23)21-12-6-5-11(17)15(18)16(12)19/h5-6,10H,2-4,7-9H2,1H3,(H,20,24)(H,21,23). The second-order valence-corrected chi connectivity index (χ2v) is 5.86. The fourth-order valence-corrected chi connectivity index (χ4v) is 2.63. The van der Waals surface area contributed by atoms with Crippen LogP contribution in [-0.2, 0) is 9.59 Å². The Kier molecular flexibility index (Phi) is 6.19. The first-order valence-corrected chi connectivity index (χ1v) is 7.82. The summed E-state index contributed by atoms with van der Waals surface area (Å²) in [6.45, 7) is 2.69. The van der Waals surface area contributed by atoms with Crippen LogP contribution in [0.15, 0.2) is 12.1 Å². The number of carbonyl (C=O) groups excluding carboxylic acids is 2. The molecule has 8 heteroatoms. The number of halogens is 3. The molecule has 1 heterocycles. The fourth-order valence-electron chi connectivity index (χ4n) is 2.63. The van der Waals surface area contributed by atoms with Gasteiger partial charge in [0.1, 0.15) is 0 Å². The van der Waals surface area contributed by atoms with Crippen molar-refractivity contribution in [1.29, 1.82) is 0 Å². The molecule has 1 saturated heterocycles. The van der Waals surface area contributed by atoms with Crippen LogP contribution in [0.25, 0.3) is 0 Å². The summed E-state index contributed by atoms with van der Waals surface area (Å²) < 4.78 is 39.3. The molecule has 0 spiro atoms. The maximum absolute atomic E-state index is 13.5. The highest BCUT2D eigenvalue weighted by Gasteiger charge is 2.21. The van der Waals surface area contributed by atoms with Gasteiger partial charge < -0.3 is 10.6 Å². The van der Waals surface area contributed by atoms with E-state index >= 15 is 0 Å². The van der Waals surface area contributed by atoms with Gasteiger partial charge in [0.25, 0.3) is 0 Å². The van der Waals surface area contributed by atoms with E-state index in [1.54, 1.807) is 0 Å². The van der Waals surface area contributed by atoms with Crippen LogP contribution in [0, 0.1) is 17.5 Å². The Morgan fingerprint density at radius 2 is 1.92 bits per heavy atom. The van der Waals surface area contributed by atoms with Crippen LogP contribution >= 0.6 is 0 Å². The van der Waals surface area contributed by atoms with E-state index in [0.29, 0.717) is 12.1 Å². The normalized spacial score (nSPS) is 18.2. The first kappa shape index (κ1) is 18.3. The number of carbonyl (C=O) groups is 2. The Hall–Kier alpha value is -2.09. The lowest BCUT2D eigenvalue weighted by Gasteiger charge is -2.32. The second-order valence-electron chi connectivity index (χ2n) is 5.86. The van der Waals surface area contributed by atoms with E-state index in [9.17, 15) is 22.8 Å². The number of hydrogen-bond acceptors (Lipinski definition) is 3. The molecule has 2 amide bonds. The molecule has 0 bridgehead atoms. The maximum atomic E-state index is 13.5. The zero-order valence-corrected chi connectivity index (χ0v) is 13.4. The Morgan fingerprint density at radius 3 is 2.62 bits per heavy atom. The molecular formula is C16H20F3N3O2. The van der Waals surface area contributed by atoms with E-state index in [1.165, 1.54) is 0 Å². The summed E-state index contributed by atoms with van der Waals surface area (Å²) >= 11 is 0. The van der Waals surface area contributed by atoms with Crippen LogP contribution in [-0.4, -0.2) is 42.4 Å². The van der Waals surface area contributed by atoms with Crippen LogP contribution in [0.1, 0.15) is 26.2 Å². The van der Waals surface area contributed by atoms with E-state index in [2.05, 4.69) is 10.6 Å². The topological polar surface area (TPSA) is 61.4 Å². The second kappa shape index (κ2) is 8.14. The van der Waals surface area contributed by atoms with Gasteiger partial charge in [-0.25, -0.2) is 13.2 Å². The summed E-state index contributed by atoms with van der Waals surface area (Å²) in [5.74, 6) is -5.51. The number of nitrogens with one attached hydrogen (secondary N) is 2. The van der Waals surface area contributed by atoms with E-state index in [-0.39, 0.29) is 19.0 Å². The minimum atomic E-state index is -1.66. The molecule has 0 saturated carbocycles. The molecule has 1 aromatic rings. The lowest BCUT2D eigenvalue weighted by atomic mass is 10.0. The van der Waals surface area contributed by atoms with Crippen LogP contribution in [0.3, 0.4) is 0 Å². The monoisotopic (exact) mass is 343 g/mol. The third-order valence-electron chi connectivity index (χ3n) is 4.04. The Labute approximate surface area is 138 Å². The molecule has 0 aromatic heterocycles. The average molecular weight is 343 g/mol. The number of benzene rings is 1. The zero-order chi connectivity index (χ0) is 17.7. The molecule has 1 aliphatic heterocycles. The van der Waals surface area contributed by atoms with Crippen LogP contribution in [0.2, 0.25) is 0 Å². The summed E-state index contributed by atoms with van der Waals surface area (Å²) in [6, 6.07) is 1.95. The third kappa shape index (κ3) is 4.70. The van der Waals surface area contributed by atoms with E-state index in [4.69, 9.17) is 0 Å². The molecule has 132 valence electrons. The van der Waals surface area contributed by atoms with Crippen molar-refractivity contribution in [2.24, 2.45) is 0 Å². The molecule has 5 nitrogen and oxygen atoms in total. The van der Waals surface area contributed by atoms with E-state index in [1.807, 2.05) is 11.8 Å². The van der Waals surface area contributed by atoms with Crippen molar-refractivity contribution >= 4 is 17.5 Å². The van der Waals surface area contributed by atoms with Crippen molar-refractivity contribution in [2.75, 3.05) is 25.0 Å². The van der Waals surface area contributed by atoms with Crippen LogP contribution < -0.4 is 10.6 Å². The molecule has 1 aliphatic rings. The van der Waals surface area contributed by atoms with Gasteiger partial charge in [-0.15, -0.1) is 0 Å². The average Bonchev–Trinajstić information content (AvgIpc) is 2.56. The lowest BCUT2D eigenvalue weighted by Crippen LogP contribution is -2.45. The molecule has 2 N–H and O–H groups in total. The summed E-state index contributed by atoms with van der Waals surface area (Å²) in [6.07, 6.45) is 3.21. The van der Waals surface area contributed by atoms with Crippen molar-refractivity contribution in [2.45, 2.75) is 32.2 Å². The van der Waals surface area contributed by atoms with Crippen LogP contribution in [0.4, 0.5) is 18.9 Å². The molecule has 2 rings (SSSR count). The van der Waals surface area contributed by atoms with Gasteiger partial charge in [-0.1, -0.05) is 6.42 Å². The number of likely N-dealkylation sites (tertiary alicyclic amines) is 1. The zero-order valence-electron chi connectivity index (χ0n) is 13.4. The van der Waals surface area contributed by atoms with Gasteiger partial charge in [0.2, 0.25) is 11.8 Å². The quantitative estimate of drug-likeness (QED) is 0.805. The Bertz CT molecular complexity index is 625. The van der Waals surface area contributed by atoms with Gasteiger partial charge in [0.05, 0.1) is 18.8 Å². The van der Waals surface area contributed by atoms with E-state index < -0.39 is 29.0 Å². The number of anilines is 1. The first-order valence-electron chi connectivity index (χ1n) is 7.82. The predicted molar refractivity (Wildman–Crippen MR) is 82.8 cm³/mol. The van der Waals surface area contributed by atoms with Crippen LogP contribution in [0.5, 0.6) is 0 Å². The number of hydrogen-bond donors (Lipinski definition) is 2. The van der Waals surface area contributed by atoms with Gasteiger partial charge in [-0.3, -0.25) is 14.5 Å². The third-order valence-corrected chi connectivity index (χ3v) is 4.04. The molecule has 1 aromatic carbocycles. The molecule has 24 heavy (non-hydrogen) atoms. The van der Waals surface area contributed by atoms with Gasteiger partial charge in [-0.2, -0.15) is 0 Å². The fraction of sp³-hybridized carbons (Fsp3) is 0.500. The van der Waals surface area contributed by atoms with Crippen molar-refractivity contribution in [1.82, 2.24) is 10.2 Å². The highest BCUT2D eigenvalue weighted by Crippen LogP contribution is 2.19. The minimum absolute atomic E-state index is 0.188. The summed E-state index contributed by atoms with van der Waals surface area (Å²) in [4.78, 5) is 25.6. The molecule has 0 radical (unpaired) electrons. The summed E-state index contributed by atoms with van der Waals surface area (Å²) in [5, 5.41) is 4.53. The van der Waals surface area contributed by atoms with Gasteiger partial charge in [0.15, 0.2) is 17.5 Å². The molecule has 1 fully saturated rings. The smallest absolute Gasteiger partial charge is 0.243 e. The molecule has 0 aliphatic carbocycles. The van der Waals surface area contributed by atoms with Gasteiger partial charge in [0, 0.05) is 6.04 Å². The highest BCUT2D eigenvalue weighted by molar-refractivity contribution is 5.94. The maximum Gasteiger partial charge on any atom is 0.243 e.